The summed E-state index contributed by atoms with van der Waals surface area (Å²) in [5.74, 6) is -3.28. The minimum Gasteiger partial charge on any atom is -0.438 e. The first-order valence-corrected chi connectivity index (χ1v) is 12.0. The Morgan fingerprint density at radius 1 is 0.947 bits per heavy atom. The van der Waals surface area contributed by atoms with E-state index < -0.39 is 34.6 Å². The van der Waals surface area contributed by atoms with Gasteiger partial charge < -0.3 is 14.6 Å². The standard InChI is InChI=1S/C28H23F3N4O3/c1-16-26(38-15-32-16)27(36)33-19-7-5-17(6-8-19)18-11-13-35(14-12-18)28(37)23-10-9-22(31)25(34-23)24-20(29)3-2-4-21(24)30/h2-10,15,18H,11-14H2,1H3,(H,33,36). The van der Waals surface area contributed by atoms with Gasteiger partial charge in [0.2, 0.25) is 5.76 Å². The Morgan fingerprint density at radius 2 is 1.63 bits per heavy atom. The van der Waals surface area contributed by atoms with E-state index >= 15 is 0 Å². The number of carbonyl (C=O) groups is 2. The van der Waals surface area contributed by atoms with Crippen LogP contribution in [0, 0.1) is 24.4 Å². The molecule has 0 unspecified atom stereocenters. The van der Waals surface area contributed by atoms with Gasteiger partial charge in [0.05, 0.1) is 11.3 Å². The summed E-state index contributed by atoms with van der Waals surface area (Å²) in [6.45, 7) is 2.57. The van der Waals surface area contributed by atoms with E-state index in [1.807, 2.05) is 24.3 Å². The number of carbonyl (C=O) groups excluding carboxylic acids is 2. The molecule has 0 atom stereocenters. The fraction of sp³-hybridized carbons (Fsp3) is 0.214. The molecule has 2 aromatic carbocycles. The highest BCUT2D eigenvalue weighted by molar-refractivity contribution is 6.02. The van der Waals surface area contributed by atoms with Crippen molar-refractivity contribution < 1.29 is 27.2 Å². The van der Waals surface area contributed by atoms with Crippen LogP contribution in [-0.2, 0) is 0 Å². The molecule has 3 heterocycles. The second kappa shape index (κ2) is 10.5. The molecule has 5 rings (SSSR count). The molecule has 38 heavy (non-hydrogen) atoms. The third-order valence-corrected chi connectivity index (χ3v) is 6.64. The van der Waals surface area contributed by atoms with Crippen LogP contribution in [0.4, 0.5) is 18.9 Å². The predicted octanol–water partition coefficient (Wildman–Crippen LogP) is 5.73. The van der Waals surface area contributed by atoms with Crippen LogP contribution in [0.5, 0.6) is 0 Å². The molecule has 2 amide bonds. The molecular formula is C28H23F3N4O3. The van der Waals surface area contributed by atoms with E-state index in [2.05, 4.69) is 15.3 Å². The number of aromatic nitrogens is 2. The average Bonchev–Trinajstić information content (AvgIpc) is 3.36. The van der Waals surface area contributed by atoms with Gasteiger partial charge in [0.25, 0.3) is 11.8 Å². The molecule has 1 aliphatic heterocycles. The maximum absolute atomic E-state index is 14.4. The molecule has 1 aliphatic rings. The zero-order valence-corrected chi connectivity index (χ0v) is 20.4. The van der Waals surface area contributed by atoms with Crippen molar-refractivity contribution in [3.63, 3.8) is 0 Å². The lowest BCUT2D eigenvalue weighted by atomic mass is 9.89. The molecule has 4 aromatic rings. The van der Waals surface area contributed by atoms with Crippen molar-refractivity contribution in [3.05, 3.63) is 101 Å². The fourth-order valence-electron chi connectivity index (χ4n) is 4.58. The molecule has 1 fully saturated rings. The highest BCUT2D eigenvalue weighted by Gasteiger charge is 2.27. The average molecular weight is 521 g/mol. The van der Waals surface area contributed by atoms with Crippen LogP contribution in [0.3, 0.4) is 0 Å². The van der Waals surface area contributed by atoms with Crippen LogP contribution >= 0.6 is 0 Å². The zero-order chi connectivity index (χ0) is 26.8. The molecule has 0 saturated carbocycles. The molecule has 10 heteroatoms. The van der Waals surface area contributed by atoms with E-state index in [1.54, 1.807) is 11.8 Å². The number of anilines is 1. The topological polar surface area (TPSA) is 88.3 Å². The van der Waals surface area contributed by atoms with Crippen molar-refractivity contribution in [2.24, 2.45) is 0 Å². The van der Waals surface area contributed by atoms with E-state index in [0.29, 0.717) is 37.3 Å². The van der Waals surface area contributed by atoms with E-state index in [9.17, 15) is 22.8 Å². The Kier molecular flexibility index (Phi) is 6.95. The number of aryl methyl sites for hydroxylation is 1. The molecule has 0 aliphatic carbocycles. The van der Waals surface area contributed by atoms with Crippen LogP contribution in [0.2, 0.25) is 0 Å². The van der Waals surface area contributed by atoms with Gasteiger partial charge in [-0.05, 0) is 67.6 Å². The van der Waals surface area contributed by atoms with Gasteiger partial charge in [-0.25, -0.2) is 23.1 Å². The smallest absolute Gasteiger partial charge is 0.293 e. The molecule has 2 aromatic heterocycles. The largest absolute Gasteiger partial charge is 0.438 e. The van der Waals surface area contributed by atoms with Gasteiger partial charge in [0, 0.05) is 18.8 Å². The van der Waals surface area contributed by atoms with Crippen LogP contribution in [0.25, 0.3) is 11.3 Å². The summed E-state index contributed by atoms with van der Waals surface area (Å²) in [5.41, 5.74) is 0.979. The van der Waals surface area contributed by atoms with Crippen molar-refractivity contribution >= 4 is 17.5 Å². The molecular weight excluding hydrogens is 497 g/mol. The second-order valence-corrected chi connectivity index (χ2v) is 9.03. The van der Waals surface area contributed by atoms with Gasteiger partial charge in [-0.3, -0.25) is 9.59 Å². The predicted molar refractivity (Wildman–Crippen MR) is 133 cm³/mol. The van der Waals surface area contributed by atoms with Gasteiger partial charge in [-0.1, -0.05) is 18.2 Å². The van der Waals surface area contributed by atoms with Crippen molar-refractivity contribution in [1.82, 2.24) is 14.9 Å². The van der Waals surface area contributed by atoms with Crippen molar-refractivity contribution in [3.8, 4) is 11.3 Å². The zero-order valence-electron chi connectivity index (χ0n) is 20.4. The molecule has 0 spiro atoms. The third kappa shape index (κ3) is 5.02. The lowest BCUT2D eigenvalue weighted by molar-refractivity contribution is 0.0707. The number of hydrogen-bond donors (Lipinski definition) is 1. The minimum atomic E-state index is -0.958. The minimum absolute atomic E-state index is 0.0791. The number of rotatable bonds is 5. The van der Waals surface area contributed by atoms with Crippen LogP contribution in [0.15, 0.2) is 65.4 Å². The van der Waals surface area contributed by atoms with Gasteiger partial charge in [-0.15, -0.1) is 0 Å². The number of benzene rings is 2. The first-order valence-electron chi connectivity index (χ1n) is 12.0. The third-order valence-electron chi connectivity index (χ3n) is 6.64. The van der Waals surface area contributed by atoms with E-state index in [1.165, 1.54) is 18.5 Å². The van der Waals surface area contributed by atoms with E-state index in [0.717, 1.165) is 23.8 Å². The summed E-state index contributed by atoms with van der Waals surface area (Å²) in [5, 5.41) is 2.78. The number of likely N-dealkylation sites (tertiary alicyclic amines) is 1. The van der Waals surface area contributed by atoms with Crippen molar-refractivity contribution in [2.45, 2.75) is 25.7 Å². The van der Waals surface area contributed by atoms with E-state index in [4.69, 9.17) is 4.42 Å². The number of piperidine rings is 1. The lowest BCUT2D eigenvalue weighted by Gasteiger charge is -2.32. The number of nitrogens with one attached hydrogen (secondary N) is 1. The quantitative estimate of drug-likeness (QED) is 0.363. The van der Waals surface area contributed by atoms with E-state index in [-0.39, 0.29) is 23.3 Å². The van der Waals surface area contributed by atoms with Gasteiger partial charge in [0.1, 0.15) is 28.8 Å². The molecule has 1 N–H and O–H groups in total. The second-order valence-electron chi connectivity index (χ2n) is 9.03. The van der Waals surface area contributed by atoms with Crippen molar-refractivity contribution in [2.75, 3.05) is 18.4 Å². The number of nitrogens with zero attached hydrogens (tertiary/aromatic N) is 3. The highest BCUT2D eigenvalue weighted by Crippen LogP contribution is 2.31. The summed E-state index contributed by atoms with van der Waals surface area (Å²) < 4.78 is 47.9. The molecule has 0 bridgehead atoms. The Labute approximate surface area is 216 Å². The molecule has 1 saturated heterocycles. The summed E-state index contributed by atoms with van der Waals surface area (Å²) in [6, 6.07) is 12.9. The molecule has 194 valence electrons. The first-order chi connectivity index (χ1) is 18.3. The summed E-state index contributed by atoms with van der Waals surface area (Å²) >= 11 is 0. The van der Waals surface area contributed by atoms with Gasteiger partial charge >= 0.3 is 0 Å². The number of oxazole rings is 1. The molecule has 7 nitrogen and oxygen atoms in total. The maximum atomic E-state index is 14.4. The monoisotopic (exact) mass is 520 g/mol. The first kappa shape index (κ1) is 25.2. The SMILES string of the molecule is Cc1ncoc1C(=O)Nc1ccc(C2CCN(C(=O)c3ccc(F)c(-c4c(F)cccc4F)n3)CC2)cc1. The summed E-state index contributed by atoms with van der Waals surface area (Å²) in [6.07, 6.45) is 2.59. The summed E-state index contributed by atoms with van der Waals surface area (Å²) in [4.78, 5) is 34.9. The van der Waals surface area contributed by atoms with Crippen LogP contribution in [0.1, 0.15) is 51.1 Å². The fourth-order valence-corrected chi connectivity index (χ4v) is 4.58. The number of halogens is 3. The highest BCUT2D eigenvalue weighted by atomic mass is 19.1. The molecule has 0 radical (unpaired) electrons. The van der Waals surface area contributed by atoms with Crippen LogP contribution in [-0.4, -0.2) is 39.8 Å². The summed E-state index contributed by atoms with van der Waals surface area (Å²) in [7, 11) is 0. The Balaban J connectivity index is 1.23. The number of amides is 2. The van der Waals surface area contributed by atoms with Gasteiger partial charge in [0.15, 0.2) is 6.39 Å². The van der Waals surface area contributed by atoms with Crippen molar-refractivity contribution in [1.29, 1.82) is 0 Å². The normalized spacial score (nSPS) is 13.9. The van der Waals surface area contributed by atoms with Crippen LogP contribution < -0.4 is 5.32 Å². The number of pyridine rings is 1. The lowest BCUT2D eigenvalue weighted by Crippen LogP contribution is -2.38. The Morgan fingerprint density at radius 3 is 2.26 bits per heavy atom. The Hall–Kier alpha value is -4.47. The Bertz CT molecular complexity index is 1480. The number of hydrogen-bond acceptors (Lipinski definition) is 5. The van der Waals surface area contributed by atoms with Gasteiger partial charge in [-0.2, -0.15) is 0 Å². The maximum Gasteiger partial charge on any atom is 0.293 e.